The minimum atomic E-state index is -0.194. The van der Waals surface area contributed by atoms with Gasteiger partial charge in [-0.2, -0.15) is 5.10 Å². The van der Waals surface area contributed by atoms with E-state index in [2.05, 4.69) is 22.4 Å². The maximum atomic E-state index is 11.5. The van der Waals surface area contributed by atoms with Crippen molar-refractivity contribution in [1.29, 1.82) is 0 Å². The van der Waals surface area contributed by atoms with Crippen LogP contribution in [-0.2, 0) is 0 Å². The Balaban J connectivity index is 2.55. The van der Waals surface area contributed by atoms with Crippen molar-refractivity contribution in [2.45, 2.75) is 32.7 Å². The molecular weight excluding hydrogens is 180 g/mol. The van der Waals surface area contributed by atoms with Crippen molar-refractivity contribution in [3.63, 3.8) is 0 Å². The molecule has 0 aromatic carbocycles. The van der Waals surface area contributed by atoms with Gasteiger partial charge in [0.25, 0.3) is 5.91 Å². The number of hydrogen-bond donors (Lipinski definition) is 3. The Kier molecular flexibility index (Phi) is 3.50. The van der Waals surface area contributed by atoms with E-state index in [-0.39, 0.29) is 11.9 Å². The molecular formula is C9H16N4O. The van der Waals surface area contributed by atoms with Gasteiger partial charge in [0.2, 0.25) is 0 Å². The van der Waals surface area contributed by atoms with Crippen LogP contribution in [0.2, 0.25) is 0 Å². The standard InChI is InChI=1S/C9H16N4O/c1-3-4-6(2)12-9(14)8-7(10)5-11-13-8/h5-6H,3-4,10H2,1-2H3,(H,11,13)(H,12,14). The van der Waals surface area contributed by atoms with Crippen LogP contribution >= 0.6 is 0 Å². The van der Waals surface area contributed by atoms with Gasteiger partial charge in [-0.15, -0.1) is 0 Å². The smallest absolute Gasteiger partial charge is 0.271 e. The van der Waals surface area contributed by atoms with E-state index in [1.165, 1.54) is 6.20 Å². The summed E-state index contributed by atoms with van der Waals surface area (Å²) in [5.74, 6) is -0.194. The van der Waals surface area contributed by atoms with Crippen LogP contribution in [0.3, 0.4) is 0 Å². The minimum Gasteiger partial charge on any atom is -0.396 e. The Morgan fingerprint density at radius 3 is 3.00 bits per heavy atom. The predicted molar refractivity (Wildman–Crippen MR) is 54.8 cm³/mol. The van der Waals surface area contributed by atoms with Gasteiger partial charge in [0.1, 0.15) is 5.69 Å². The Bertz CT molecular complexity index is 308. The molecule has 14 heavy (non-hydrogen) atoms. The van der Waals surface area contributed by atoms with Crippen molar-refractivity contribution in [2.24, 2.45) is 0 Å². The number of nitrogens with zero attached hydrogens (tertiary/aromatic N) is 1. The Labute approximate surface area is 83.1 Å². The highest BCUT2D eigenvalue weighted by Crippen LogP contribution is 2.06. The maximum absolute atomic E-state index is 11.5. The van der Waals surface area contributed by atoms with E-state index in [0.29, 0.717) is 11.4 Å². The fraction of sp³-hybridized carbons (Fsp3) is 0.556. The summed E-state index contributed by atoms with van der Waals surface area (Å²) in [7, 11) is 0. The lowest BCUT2D eigenvalue weighted by Gasteiger charge is -2.11. The van der Waals surface area contributed by atoms with Crippen LogP contribution < -0.4 is 11.1 Å². The van der Waals surface area contributed by atoms with Gasteiger partial charge >= 0.3 is 0 Å². The van der Waals surface area contributed by atoms with Crippen LogP contribution in [0.5, 0.6) is 0 Å². The summed E-state index contributed by atoms with van der Waals surface area (Å²) in [5, 5.41) is 9.08. The van der Waals surface area contributed by atoms with Gasteiger partial charge in [-0.05, 0) is 13.3 Å². The van der Waals surface area contributed by atoms with Crippen molar-refractivity contribution in [3.8, 4) is 0 Å². The molecule has 1 heterocycles. The van der Waals surface area contributed by atoms with Gasteiger partial charge in [0, 0.05) is 6.04 Å². The number of H-pyrrole nitrogens is 1. The first-order valence-corrected chi connectivity index (χ1v) is 4.74. The van der Waals surface area contributed by atoms with E-state index in [1.807, 2.05) is 6.92 Å². The molecule has 0 aliphatic rings. The Hall–Kier alpha value is -1.52. The molecule has 1 amide bonds. The van der Waals surface area contributed by atoms with E-state index in [1.54, 1.807) is 0 Å². The number of anilines is 1. The fourth-order valence-corrected chi connectivity index (χ4v) is 1.28. The monoisotopic (exact) mass is 196 g/mol. The second kappa shape index (κ2) is 4.64. The summed E-state index contributed by atoms with van der Waals surface area (Å²) in [4.78, 5) is 11.5. The van der Waals surface area contributed by atoms with E-state index >= 15 is 0 Å². The molecule has 1 atom stereocenters. The zero-order chi connectivity index (χ0) is 10.6. The van der Waals surface area contributed by atoms with Gasteiger partial charge in [-0.3, -0.25) is 9.89 Å². The van der Waals surface area contributed by atoms with Crippen LogP contribution in [-0.4, -0.2) is 22.1 Å². The maximum Gasteiger partial charge on any atom is 0.271 e. The molecule has 1 unspecified atom stereocenters. The van der Waals surface area contributed by atoms with Gasteiger partial charge in [0.15, 0.2) is 0 Å². The van der Waals surface area contributed by atoms with Crippen molar-refractivity contribution in [3.05, 3.63) is 11.9 Å². The van der Waals surface area contributed by atoms with Crippen LogP contribution in [0, 0.1) is 0 Å². The zero-order valence-corrected chi connectivity index (χ0v) is 8.50. The number of nitrogens with two attached hydrogens (primary N) is 1. The molecule has 1 aromatic heterocycles. The number of rotatable bonds is 4. The van der Waals surface area contributed by atoms with Crippen LogP contribution in [0.4, 0.5) is 5.69 Å². The van der Waals surface area contributed by atoms with E-state index in [9.17, 15) is 4.79 Å². The molecule has 78 valence electrons. The normalized spacial score (nSPS) is 12.4. The summed E-state index contributed by atoms with van der Waals surface area (Å²) < 4.78 is 0. The molecule has 5 nitrogen and oxygen atoms in total. The summed E-state index contributed by atoms with van der Waals surface area (Å²) >= 11 is 0. The first-order valence-electron chi connectivity index (χ1n) is 4.74. The zero-order valence-electron chi connectivity index (χ0n) is 8.50. The number of carbonyl (C=O) groups excluding carboxylic acids is 1. The highest BCUT2D eigenvalue weighted by atomic mass is 16.2. The Morgan fingerprint density at radius 1 is 1.79 bits per heavy atom. The van der Waals surface area contributed by atoms with Crippen LogP contribution in [0.15, 0.2) is 6.20 Å². The molecule has 5 heteroatoms. The number of hydrogen-bond acceptors (Lipinski definition) is 3. The molecule has 0 spiro atoms. The fourth-order valence-electron chi connectivity index (χ4n) is 1.28. The van der Waals surface area contributed by atoms with E-state index in [4.69, 9.17) is 5.73 Å². The van der Waals surface area contributed by atoms with Crippen molar-refractivity contribution in [2.75, 3.05) is 5.73 Å². The minimum absolute atomic E-state index is 0.162. The third kappa shape index (κ3) is 2.48. The Morgan fingerprint density at radius 2 is 2.50 bits per heavy atom. The average Bonchev–Trinajstić information content (AvgIpc) is 2.51. The first kappa shape index (κ1) is 10.6. The van der Waals surface area contributed by atoms with Crippen molar-refractivity contribution < 1.29 is 4.79 Å². The lowest BCUT2D eigenvalue weighted by Crippen LogP contribution is -2.33. The highest BCUT2D eigenvalue weighted by molar-refractivity contribution is 5.97. The lowest BCUT2D eigenvalue weighted by molar-refractivity contribution is 0.0934. The van der Waals surface area contributed by atoms with Crippen molar-refractivity contribution in [1.82, 2.24) is 15.5 Å². The van der Waals surface area contributed by atoms with E-state index in [0.717, 1.165) is 12.8 Å². The predicted octanol–water partition coefficient (Wildman–Crippen LogP) is 0.910. The summed E-state index contributed by atoms with van der Waals surface area (Å²) in [5.41, 5.74) is 6.26. The molecule has 0 aliphatic heterocycles. The molecule has 0 saturated heterocycles. The number of nitrogen functional groups attached to an aromatic ring is 1. The average molecular weight is 196 g/mol. The molecule has 0 bridgehead atoms. The number of aromatic amines is 1. The molecule has 1 rings (SSSR count). The van der Waals surface area contributed by atoms with Crippen molar-refractivity contribution >= 4 is 11.6 Å². The van der Waals surface area contributed by atoms with Gasteiger partial charge < -0.3 is 11.1 Å². The summed E-state index contributed by atoms with van der Waals surface area (Å²) in [6.07, 6.45) is 3.43. The first-order chi connectivity index (χ1) is 6.65. The van der Waals surface area contributed by atoms with Crippen LogP contribution in [0.1, 0.15) is 37.2 Å². The van der Waals surface area contributed by atoms with Crippen LogP contribution in [0.25, 0.3) is 0 Å². The lowest BCUT2D eigenvalue weighted by atomic mass is 10.2. The second-order valence-electron chi connectivity index (χ2n) is 3.36. The van der Waals surface area contributed by atoms with Gasteiger partial charge in [-0.25, -0.2) is 0 Å². The quantitative estimate of drug-likeness (QED) is 0.669. The number of nitrogens with one attached hydrogen (secondary N) is 2. The topological polar surface area (TPSA) is 83.8 Å². The molecule has 4 N–H and O–H groups in total. The van der Waals surface area contributed by atoms with Gasteiger partial charge in [-0.1, -0.05) is 13.3 Å². The molecule has 0 radical (unpaired) electrons. The summed E-state index contributed by atoms with van der Waals surface area (Å²) in [6, 6.07) is 0.162. The number of amides is 1. The second-order valence-corrected chi connectivity index (χ2v) is 3.36. The largest absolute Gasteiger partial charge is 0.396 e. The SMILES string of the molecule is CCCC(C)NC(=O)c1[nH]ncc1N. The molecule has 0 fully saturated rings. The number of aromatic nitrogens is 2. The molecule has 0 aliphatic carbocycles. The third-order valence-corrected chi connectivity index (χ3v) is 1.99. The molecule has 0 saturated carbocycles. The highest BCUT2D eigenvalue weighted by Gasteiger charge is 2.13. The van der Waals surface area contributed by atoms with E-state index < -0.39 is 0 Å². The third-order valence-electron chi connectivity index (χ3n) is 1.99. The summed E-state index contributed by atoms with van der Waals surface area (Å²) in [6.45, 7) is 4.04. The van der Waals surface area contributed by atoms with Gasteiger partial charge in [0.05, 0.1) is 11.9 Å². The number of carbonyl (C=O) groups is 1. The molecule has 1 aromatic rings.